The van der Waals surface area contributed by atoms with E-state index in [1.165, 1.54) is 28.2 Å². The van der Waals surface area contributed by atoms with Gasteiger partial charge in [-0.1, -0.05) is 18.2 Å². The highest BCUT2D eigenvalue weighted by atomic mass is 16.5. The molecular weight excluding hydrogens is 300 g/mol. The zero-order valence-electron chi connectivity index (χ0n) is 13.4. The highest BCUT2D eigenvalue weighted by Gasteiger charge is 2.55. The van der Waals surface area contributed by atoms with E-state index in [0.717, 1.165) is 44.0 Å². The van der Waals surface area contributed by atoms with Crippen molar-refractivity contribution >= 4 is 11.5 Å². The van der Waals surface area contributed by atoms with Gasteiger partial charge in [0.25, 0.3) is 0 Å². The summed E-state index contributed by atoms with van der Waals surface area (Å²) in [5, 5.41) is 0. The van der Waals surface area contributed by atoms with E-state index in [-0.39, 0.29) is 5.41 Å². The van der Waals surface area contributed by atoms with Crippen LogP contribution in [0, 0.1) is 0 Å². The predicted molar refractivity (Wildman–Crippen MR) is 92.6 cm³/mol. The van der Waals surface area contributed by atoms with Gasteiger partial charge >= 0.3 is 0 Å². The van der Waals surface area contributed by atoms with E-state index >= 15 is 0 Å². The molecular formula is C20H18N2O2. The van der Waals surface area contributed by atoms with Gasteiger partial charge in [0.2, 0.25) is 0 Å². The van der Waals surface area contributed by atoms with E-state index in [2.05, 4.69) is 41.3 Å². The van der Waals surface area contributed by atoms with Crippen LogP contribution in [0.3, 0.4) is 0 Å². The first-order valence-electron chi connectivity index (χ1n) is 8.73. The Morgan fingerprint density at radius 1 is 1.04 bits per heavy atom. The number of hydrogen-bond donors (Lipinski definition) is 0. The number of rotatable bonds is 0. The number of anilines is 1. The van der Waals surface area contributed by atoms with Crippen LogP contribution in [-0.2, 0) is 11.8 Å². The summed E-state index contributed by atoms with van der Waals surface area (Å²) in [5.41, 5.74) is 4.95. The number of hydrogen-bond acceptors (Lipinski definition) is 4. The van der Waals surface area contributed by atoms with Crippen molar-refractivity contribution in [3.8, 4) is 11.5 Å². The molecule has 4 aliphatic heterocycles. The Labute approximate surface area is 140 Å². The van der Waals surface area contributed by atoms with Gasteiger partial charge < -0.3 is 14.4 Å². The summed E-state index contributed by atoms with van der Waals surface area (Å²) in [4.78, 5) is 7.37. The smallest absolute Gasteiger partial charge is 0.127 e. The van der Waals surface area contributed by atoms with E-state index in [9.17, 15) is 0 Å². The van der Waals surface area contributed by atoms with Crippen LogP contribution < -0.4 is 14.4 Å². The molecule has 0 N–H and O–H groups in total. The molecule has 0 amide bonds. The van der Waals surface area contributed by atoms with Gasteiger partial charge in [0.15, 0.2) is 0 Å². The highest BCUT2D eigenvalue weighted by Crippen LogP contribution is 2.54. The van der Waals surface area contributed by atoms with Crippen molar-refractivity contribution in [1.82, 2.24) is 0 Å². The Balaban J connectivity index is 1.66. The van der Waals surface area contributed by atoms with Crippen LogP contribution in [0.25, 0.3) is 0 Å². The van der Waals surface area contributed by atoms with Crippen LogP contribution >= 0.6 is 0 Å². The van der Waals surface area contributed by atoms with Gasteiger partial charge in [-0.2, -0.15) is 0 Å². The zero-order valence-corrected chi connectivity index (χ0v) is 13.4. The molecule has 1 spiro atoms. The quantitative estimate of drug-likeness (QED) is 0.749. The Hall–Kier alpha value is -2.49. The van der Waals surface area contributed by atoms with Crippen LogP contribution in [0.15, 0.2) is 41.4 Å². The Bertz CT molecular complexity index is 905. The lowest BCUT2D eigenvalue weighted by atomic mass is 9.76. The van der Waals surface area contributed by atoms with Crippen LogP contribution in [-0.4, -0.2) is 32.1 Å². The minimum Gasteiger partial charge on any atom is -0.493 e. The maximum atomic E-state index is 6.18. The molecule has 2 aromatic rings. The fourth-order valence-electron chi connectivity index (χ4n) is 4.73. The fourth-order valence-corrected chi connectivity index (χ4v) is 4.73. The van der Waals surface area contributed by atoms with Gasteiger partial charge in [-0.25, -0.2) is 0 Å². The van der Waals surface area contributed by atoms with Gasteiger partial charge in [0, 0.05) is 36.8 Å². The second-order valence-electron chi connectivity index (χ2n) is 6.98. The number of nitrogens with zero attached hydrogens (tertiary/aromatic N) is 2. The van der Waals surface area contributed by atoms with Gasteiger partial charge in [0.05, 0.1) is 6.61 Å². The number of amidine groups is 1. The topological polar surface area (TPSA) is 34.1 Å². The molecule has 0 saturated heterocycles. The average molecular weight is 318 g/mol. The highest BCUT2D eigenvalue weighted by molar-refractivity contribution is 6.15. The van der Waals surface area contributed by atoms with Crippen LogP contribution in [0.4, 0.5) is 5.69 Å². The van der Waals surface area contributed by atoms with E-state index in [4.69, 9.17) is 14.5 Å². The summed E-state index contributed by atoms with van der Waals surface area (Å²) >= 11 is 0. The lowest BCUT2D eigenvalue weighted by molar-refractivity contribution is 0.321. The molecule has 4 heteroatoms. The Morgan fingerprint density at radius 2 is 2.00 bits per heavy atom. The molecule has 4 aliphatic rings. The third-order valence-corrected chi connectivity index (χ3v) is 5.79. The molecule has 4 heterocycles. The van der Waals surface area contributed by atoms with Crippen molar-refractivity contribution < 1.29 is 9.47 Å². The molecule has 120 valence electrons. The molecule has 24 heavy (non-hydrogen) atoms. The summed E-state index contributed by atoms with van der Waals surface area (Å²) in [6, 6.07) is 13.1. The predicted octanol–water partition coefficient (Wildman–Crippen LogP) is 2.92. The molecule has 1 unspecified atom stereocenters. The monoisotopic (exact) mass is 318 g/mol. The molecule has 0 fully saturated rings. The number of benzene rings is 2. The second-order valence-corrected chi connectivity index (χ2v) is 6.98. The fraction of sp³-hybridized carbons (Fsp3) is 0.350. The molecule has 4 nitrogen and oxygen atoms in total. The molecule has 0 aliphatic carbocycles. The SMILES string of the molecule is c1ccc2c(c1)N1CCCN=C1C21COc2cc3c(cc21)CCO3. The second kappa shape index (κ2) is 4.32. The summed E-state index contributed by atoms with van der Waals surface area (Å²) < 4.78 is 11.9. The Kier molecular flexibility index (Phi) is 2.32. The maximum absolute atomic E-state index is 6.18. The minimum absolute atomic E-state index is 0.246. The molecule has 2 aromatic carbocycles. The summed E-state index contributed by atoms with van der Waals surface area (Å²) in [6.07, 6.45) is 2.09. The van der Waals surface area contributed by atoms with Crippen LogP contribution in [0.5, 0.6) is 11.5 Å². The van der Waals surface area contributed by atoms with Gasteiger partial charge in [-0.15, -0.1) is 0 Å². The molecule has 6 rings (SSSR count). The molecule has 1 atom stereocenters. The summed E-state index contributed by atoms with van der Waals surface area (Å²) in [7, 11) is 0. The standard InChI is InChI=1S/C20H18N2O2/c1-2-5-16-14(4-1)20(19-21-7-3-8-22(16)19)12-24-18-11-17-13(6-9-23-17)10-15(18)20/h1-2,4-5,10-11H,3,6-9,12H2. The first-order valence-corrected chi connectivity index (χ1v) is 8.73. The average Bonchev–Trinajstić information content (AvgIpc) is 3.31. The van der Waals surface area contributed by atoms with Crippen molar-refractivity contribution in [1.29, 1.82) is 0 Å². The maximum Gasteiger partial charge on any atom is 0.127 e. The first kappa shape index (κ1) is 12.9. The third-order valence-electron chi connectivity index (χ3n) is 5.79. The largest absolute Gasteiger partial charge is 0.493 e. The van der Waals surface area contributed by atoms with Crippen molar-refractivity contribution in [3.05, 3.63) is 53.1 Å². The van der Waals surface area contributed by atoms with Gasteiger partial charge in [0.1, 0.15) is 29.4 Å². The zero-order chi connectivity index (χ0) is 15.7. The number of aliphatic imine (C=N–C) groups is 1. The molecule has 0 saturated carbocycles. The normalized spacial score (nSPS) is 25.5. The Morgan fingerprint density at radius 3 is 3.00 bits per heavy atom. The summed E-state index contributed by atoms with van der Waals surface area (Å²) in [6.45, 7) is 3.36. The molecule has 0 radical (unpaired) electrons. The first-order chi connectivity index (χ1) is 11.9. The lowest BCUT2D eigenvalue weighted by Crippen LogP contribution is -2.45. The van der Waals surface area contributed by atoms with Crippen molar-refractivity contribution in [2.75, 3.05) is 31.2 Å². The molecule has 0 bridgehead atoms. The van der Waals surface area contributed by atoms with Crippen LogP contribution in [0.2, 0.25) is 0 Å². The third kappa shape index (κ3) is 1.38. The molecule has 0 aromatic heterocycles. The van der Waals surface area contributed by atoms with E-state index < -0.39 is 0 Å². The van der Waals surface area contributed by atoms with Crippen molar-refractivity contribution in [2.45, 2.75) is 18.3 Å². The van der Waals surface area contributed by atoms with Crippen molar-refractivity contribution in [3.63, 3.8) is 0 Å². The number of ether oxygens (including phenoxy) is 2. The lowest BCUT2D eigenvalue weighted by Gasteiger charge is -2.30. The number of para-hydroxylation sites is 1. The van der Waals surface area contributed by atoms with Crippen molar-refractivity contribution in [2.24, 2.45) is 4.99 Å². The van der Waals surface area contributed by atoms with E-state index in [1.54, 1.807) is 0 Å². The van der Waals surface area contributed by atoms with E-state index in [1.807, 2.05) is 0 Å². The summed E-state index contributed by atoms with van der Waals surface area (Å²) in [5.74, 6) is 3.12. The minimum atomic E-state index is -0.246. The van der Waals surface area contributed by atoms with Gasteiger partial charge in [-0.05, 0) is 29.7 Å². The van der Waals surface area contributed by atoms with E-state index in [0.29, 0.717) is 6.61 Å². The van der Waals surface area contributed by atoms with Gasteiger partial charge in [-0.3, -0.25) is 4.99 Å². The number of fused-ring (bicyclic) bond motifs is 8. The van der Waals surface area contributed by atoms with Crippen LogP contribution in [0.1, 0.15) is 23.1 Å².